The summed E-state index contributed by atoms with van der Waals surface area (Å²) in [5.41, 5.74) is 2.18. The number of nitrogens with one attached hydrogen (secondary N) is 1. The van der Waals surface area contributed by atoms with Crippen LogP contribution in [0.4, 0.5) is 5.69 Å². The molecule has 1 aromatic rings. The Morgan fingerprint density at radius 3 is 2.79 bits per heavy atom. The summed E-state index contributed by atoms with van der Waals surface area (Å²) in [4.78, 5) is 14.3. The molecule has 19 heavy (non-hydrogen) atoms. The average Bonchev–Trinajstić information content (AvgIpc) is 2.46. The fourth-order valence-electron chi connectivity index (χ4n) is 2.54. The highest BCUT2D eigenvalue weighted by Crippen LogP contribution is 2.12. The number of hydrogen-bond acceptors (Lipinski definition) is 2. The maximum absolute atomic E-state index is 11.9. The number of nitrogens with zero attached hydrogens (tertiary/aromatic N) is 1. The first-order valence-electron chi connectivity index (χ1n) is 7.39. The molecule has 0 atom stereocenters. The van der Waals surface area contributed by atoms with Crippen LogP contribution in [0.3, 0.4) is 0 Å². The molecule has 0 saturated carbocycles. The molecule has 0 spiro atoms. The Morgan fingerprint density at radius 2 is 2.05 bits per heavy atom. The van der Waals surface area contributed by atoms with Crippen LogP contribution in [-0.2, 0) is 11.2 Å². The van der Waals surface area contributed by atoms with E-state index >= 15 is 0 Å². The lowest BCUT2D eigenvalue weighted by Gasteiger charge is -2.25. The van der Waals surface area contributed by atoms with Gasteiger partial charge in [-0.1, -0.05) is 25.5 Å². The summed E-state index contributed by atoms with van der Waals surface area (Å²) >= 11 is 0. The van der Waals surface area contributed by atoms with E-state index in [-0.39, 0.29) is 5.91 Å². The third kappa shape index (κ3) is 4.67. The van der Waals surface area contributed by atoms with Crippen molar-refractivity contribution in [1.82, 2.24) is 4.90 Å². The lowest BCUT2D eigenvalue weighted by atomic mass is 10.1. The van der Waals surface area contributed by atoms with Crippen molar-refractivity contribution < 1.29 is 4.79 Å². The van der Waals surface area contributed by atoms with Gasteiger partial charge in [-0.15, -0.1) is 0 Å². The largest absolute Gasteiger partial charge is 0.326 e. The van der Waals surface area contributed by atoms with Gasteiger partial charge in [-0.3, -0.25) is 4.79 Å². The van der Waals surface area contributed by atoms with Gasteiger partial charge in [-0.2, -0.15) is 0 Å². The van der Waals surface area contributed by atoms with Crippen LogP contribution < -0.4 is 5.32 Å². The number of carbonyl (C=O) groups is 1. The van der Waals surface area contributed by atoms with Crippen LogP contribution in [0.15, 0.2) is 24.3 Å². The van der Waals surface area contributed by atoms with E-state index in [2.05, 4.69) is 29.3 Å². The molecule has 0 unspecified atom stereocenters. The molecule has 1 saturated heterocycles. The normalized spacial score (nSPS) is 16.3. The molecule has 1 heterocycles. The summed E-state index contributed by atoms with van der Waals surface area (Å²) < 4.78 is 0. The SMILES string of the molecule is CCc1cccc(NC(=O)CCN2CCCCC2)c1. The summed E-state index contributed by atoms with van der Waals surface area (Å²) in [5.74, 6) is 0.124. The van der Waals surface area contributed by atoms with Gasteiger partial charge >= 0.3 is 0 Å². The molecule has 0 aromatic heterocycles. The van der Waals surface area contributed by atoms with Crippen molar-refractivity contribution in [3.63, 3.8) is 0 Å². The van der Waals surface area contributed by atoms with Gasteiger partial charge in [0.05, 0.1) is 0 Å². The molecule has 1 aromatic carbocycles. The molecular formula is C16H24N2O. The average molecular weight is 260 g/mol. The second-order valence-electron chi connectivity index (χ2n) is 5.25. The molecule has 0 bridgehead atoms. The van der Waals surface area contributed by atoms with Gasteiger partial charge < -0.3 is 10.2 Å². The van der Waals surface area contributed by atoms with Crippen molar-refractivity contribution in [3.05, 3.63) is 29.8 Å². The minimum absolute atomic E-state index is 0.124. The van der Waals surface area contributed by atoms with E-state index in [1.807, 2.05) is 12.1 Å². The molecule has 1 fully saturated rings. The smallest absolute Gasteiger partial charge is 0.225 e. The molecule has 0 aliphatic carbocycles. The maximum atomic E-state index is 11.9. The Hall–Kier alpha value is -1.35. The number of amides is 1. The second-order valence-corrected chi connectivity index (χ2v) is 5.25. The molecule has 1 amide bonds. The Bertz CT molecular complexity index is 411. The molecule has 2 rings (SSSR count). The first-order valence-corrected chi connectivity index (χ1v) is 7.39. The van der Waals surface area contributed by atoms with Crippen LogP contribution in [-0.4, -0.2) is 30.4 Å². The predicted molar refractivity (Wildman–Crippen MR) is 79.4 cm³/mol. The number of piperidine rings is 1. The number of carbonyl (C=O) groups excluding carboxylic acids is 1. The van der Waals surface area contributed by atoms with E-state index in [9.17, 15) is 4.79 Å². The van der Waals surface area contributed by atoms with Crippen molar-refractivity contribution >= 4 is 11.6 Å². The molecule has 0 radical (unpaired) electrons. The molecular weight excluding hydrogens is 236 g/mol. The van der Waals surface area contributed by atoms with Crippen LogP contribution in [0.25, 0.3) is 0 Å². The second kappa shape index (κ2) is 7.29. The Kier molecular flexibility index (Phi) is 5.40. The Balaban J connectivity index is 1.76. The van der Waals surface area contributed by atoms with Gasteiger partial charge in [0.2, 0.25) is 5.91 Å². The molecule has 1 N–H and O–H groups in total. The van der Waals surface area contributed by atoms with E-state index in [0.717, 1.165) is 31.7 Å². The van der Waals surface area contributed by atoms with Gasteiger partial charge in [0.25, 0.3) is 0 Å². The van der Waals surface area contributed by atoms with Gasteiger partial charge in [-0.25, -0.2) is 0 Å². The van der Waals surface area contributed by atoms with Crippen molar-refractivity contribution in [2.24, 2.45) is 0 Å². The number of rotatable bonds is 5. The lowest BCUT2D eigenvalue weighted by Crippen LogP contribution is -2.32. The highest BCUT2D eigenvalue weighted by Gasteiger charge is 2.11. The number of aryl methyl sites for hydroxylation is 1. The summed E-state index contributed by atoms with van der Waals surface area (Å²) in [5, 5.41) is 2.99. The monoisotopic (exact) mass is 260 g/mol. The summed E-state index contributed by atoms with van der Waals surface area (Å²) in [7, 11) is 0. The van der Waals surface area contributed by atoms with Crippen molar-refractivity contribution in [1.29, 1.82) is 0 Å². The van der Waals surface area contributed by atoms with Crippen LogP contribution in [0.2, 0.25) is 0 Å². The van der Waals surface area contributed by atoms with Crippen molar-refractivity contribution in [2.45, 2.75) is 39.0 Å². The van der Waals surface area contributed by atoms with Gasteiger partial charge in [0, 0.05) is 18.7 Å². The third-order valence-electron chi connectivity index (χ3n) is 3.72. The van der Waals surface area contributed by atoms with Crippen LogP contribution in [0.5, 0.6) is 0 Å². The first-order chi connectivity index (χ1) is 9.28. The minimum atomic E-state index is 0.124. The molecule has 3 heteroatoms. The fourth-order valence-corrected chi connectivity index (χ4v) is 2.54. The zero-order chi connectivity index (χ0) is 13.5. The summed E-state index contributed by atoms with van der Waals surface area (Å²) in [6.07, 6.45) is 5.49. The zero-order valence-electron chi connectivity index (χ0n) is 11.8. The number of benzene rings is 1. The molecule has 3 nitrogen and oxygen atoms in total. The van der Waals surface area contributed by atoms with Gasteiger partial charge in [-0.05, 0) is 50.0 Å². The maximum Gasteiger partial charge on any atom is 0.225 e. The van der Waals surface area contributed by atoms with E-state index in [4.69, 9.17) is 0 Å². The fraction of sp³-hybridized carbons (Fsp3) is 0.562. The first kappa shape index (κ1) is 14.1. The topological polar surface area (TPSA) is 32.3 Å². The van der Waals surface area contributed by atoms with Crippen LogP contribution in [0, 0.1) is 0 Å². The molecule has 104 valence electrons. The zero-order valence-corrected chi connectivity index (χ0v) is 11.8. The van der Waals surface area contributed by atoms with E-state index in [1.54, 1.807) is 0 Å². The standard InChI is InChI=1S/C16H24N2O/c1-2-14-7-6-8-15(13-14)17-16(19)9-12-18-10-4-3-5-11-18/h6-8,13H,2-5,9-12H2,1H3,(H,17,19). The lowest BCUT2D eigenvalue weighted by molar-refractivity contribution is -0.116. The quantitative estimate of drug-likeness (QED) is 0.882. The van der Waals surface area contributed by atoms with Crippen LogP contribution >= 0.6 is 0 Å². The van der Waals surface area contributed by atoms with E-state index < -0.39 is 0 Å². The minimum Gasteiger partial charge on any atom is -0.326 e. The van der Waals surface area contributed by atoms with Crippen molar-refractivity contribution in [2.75, 3.05) is 25.0 Å². The summed E-state index contributed by atoms with van der Waals surface area (Å²) in [6, 6.07) is 8.10. The van der Waals surface area contributed by atoms with Crippen LogP contribution in [0.1, 0.15) is 38.2 Å². The Morgan fingerprint density at radius 1 is 1.26 bits per heavy atom. The van der Waals surface area contributed by atoms with Crippen molar-refractivity contribution in [3.8, 4) is 0 Å². The number of hydrogen-bond donors (Lipinski definition) is 1. The molecule has 1 aliphatic rings. The highest BCUT2D eigenvalue weighted by molar-refractivity contribution is 5.90. The van der Waals surface area contributed by atoms with Gasteiger partial charge in [0.15, 0.2) is 0 Å². The van der Waals surface area contributed by atoms with E-state index in [1.165, 1.54) is 24.8 Å². The molecule has 1 aliphatic heterocycles. The van der Waals surface area contributed by atoms with E-state index in [0.29, 0.717) is 6.42 Å². The predicted octanol–water partition coefficient (Wildman–Crippen LogP) is 3.06. The number of anilines is 1. The number of likely N-dealkylation sites (tertiary alicyclic amines) is 1. The summed E-state index contributed by atoms with van der Waals surface area (Å²) in [6.45, 7) is 5.31. The Labute approximate surface area is 116 Å². The third-order valence-corrected chi connectivity index (χ3v) is 3.72. The van der Waals surface area contributed by atoms with Gasteiger partial charge in [0.1, 0.15) is 0 Å². The highest BCUT2D eigenvalue weighted by atomic mass is 16.1.